The monoisotopic (exact) mass is 342 g/mol. The summed E-state index contributed by atoms with van der Waals surface area (Å²) in [6.45, 7) is 1.99. The largest absolute Gasteiger partial charge is 0.316 e. The Bertz CT molecular complexity index is 556. The van der Waals surface area contributed by atoms with Gasteiger partial charge in [0.05, 0.1) is 5.01 Å². The fourth-order valence-electron chi connectivity index (χ4n) is 1.95. The van der Waals surface area contributed by atoms with Crippen molar-refractivity contribution < 1.29 is 4.39 Å². The maximum absolute atomic E-state index is 13.7. The lowest BCUT2D eigenvalue weighted by molar-refractivity contribution is 0.531. The second kappa shape index (κ2) is 6.59. The predicted octanol–water partition coefficient (Wildman–Crippen LogP) is 3.73. The molecule has 0 fully saturated rings. The smallest absolute Gasteiger partial charge is 0.126 e. The predicted molar refractivity (Wildman–Crippen MR) is 81.2 cm³/mol. The summed E-state index contributed by atoms with van der Waals surface area (Å²) in [5.41, 5.74) is 1.77. The molecule has 2 aromatic rings. The first kappa shape index (κ1) is 14.6. The average molecular weight is 343 g/mol. The SMILES string of the molecule is CNC(Cc1nc(C)cs1)Cc1cc(Br)ccc1F. The van der Waals surface area contributed by atoms with Gasteiger partial charge in [0.2, 0.25) is 0 Å². The third-order valence-electron chi connectivity index (χ3n) is 2.97. The lowest BCUT2D eigenvalue weighted by atomic mass is 10.0. The minimum Gasteiger partial charge on any atom is -0.316 e. The lowest BCUT2D eigenvalue weighted by Crippen LogP contribution is -2.30. The normalized spacial score (nSPS) is 12.6. The topological polar surface area (TPSA) is 24.9 Å². The summed E-state index contributed by atoms with van der Waals surface area (Å²) in [7, 11) is 1.90. The molecule has 0 aliphatic rings. The van der Waals surface area contributed by atoms with Gasteiger partial charge in [-0.15, -0.1) is 11.3 Å². The Balaban J connectivity index is 2.08. The highest BCUT2D eigenvalue weighted by Gasteiger charge is 2.13. The Hall–Kier alpha value is -0.780. The van der Waals surface area contributed by atoms with E-state index in [9.17, 15) is 4.39 Å². The molecule has 5 heteroatoms. The molecule has 1 heterocycles. The first-order chi connectivity index (χ1) is 9.08. The number of hydrogen-bond donors (Lipinski definition) is 1. The summed E-state index contributed by atoms with van der Waals surface area (Å²) >= 11 is 5.04. The summed E-state index contributed by atoms with van der Waals surface area (Å²) in [6.07, 6.45) is 1.47. The summed E-state index contributed by atoms with van der Waals surface area (Å²) in [6, 6.07) is 5.25. The molecule has 0 saturated heterocycles. The van der Waals surface area contributed by atoms with E-state index in [4.69, 9.17) is 0 Å². The van der Waals surface area contributed by atoms with Crippen LogP contribution in [0.1, 0.15) is 16.3 Å². The van der Waals surface area contributed by atoms with Crippen molar-refractivity contribution in [1.82, 2.24) is 10.3 Å². The van der Waals surface area contributed by atoms with E-state index in [0.717, 1.165) is 27.2 Å². The molecule has 1 atom stereocenters. The highest BCUT2D eigenvalue weighted by molar-refractivity contribution is 9.10. The van der Waals surface area contributed by atoms with Crippen LogP contribution in [-0.4, -0.2) is 18.1 Å². The van der Waals surface area contributed by atoms with Gasteiger partial charge >= 0.3 is 0 Å². The number of thiazole rings is 1. The van der Waals surface area contributed by atoms with Gasteiger partial charge in [0.1, 0.15) is 5.82 Å². The van der Waals surface area contributed by atoms with Gasteiger partial charge in [0, 0.05) is 28.0 Å². The molecular formula is C14H16BrFN2S. The van der Waals surface area contributed by atoms with Crippen molar-refractivity contribution in [2.45, 2.75) is 25.8 Å². The van der Waals surface area contributed by atoms with Crippen LogP contribution in [0.5, 0.6) is 0 Å². The zero-order valence-corrected chi connectivity index (χ0v) is 13.3. The van der Waals surface area contributed by atoms with Crippen molar-refractivity contribution in [1.29, 1.82) is 0 Å². The summed E-state index contributed by atoms with van der Waals surface area (Å²) in [5.74, 6) is -0.154. The van der Waals surface area contributed by atoms with Crippen LogP contribution >= 0.6 is 27.3 Å². The van der Waals surface area contributed by atoms with Gasteiger partial charge in [-0.3, -0.25) is 0 Å². The number of halogens is 2. The van der Waals surface area contributed by atoms with Crippen molar-refractivity contribution >= 4 is 27.3 Å². The van der Waals surface area contributed by atoms with Crippen molar-refractivity contribution in [3.63, 3.8) is 0 Å². The van der Waals surface area contributed by atoms with Crippen LogP contribution in [0.25, 0.3) is 0 Å². The first-order valence-corrected chi connectivity index (χ1v) is 7.78. The van der Waals surface area contributed by atoms with Crippen LogP contribution in [0, 0.1) is 12.7 Å². The molecule has 0 radical (unpaired) electrons. The highest BCUT2D eigenvalue weighted by atomic mass is 79.9. The summed E-state index contributed by atoms with van der Waals surface area (Å²) < 4.78 is 14.7. The fraction of sp³-hybridized carbons (Fsp3) is 0.357. The van der Waals surface area contributed by atoms with E-state index >= 15 is 0 Å². The molecule has 0 bridgehead atoms. The number of nitrogens with one attached hydrogen (secondary N) is 1. The zero-order valence-electron chi connectivity index (χ0n) is 10.9. The molecule has 19 heavy (non-hydrogen) atoms. The van der Waals surface area contributed by atoms with Gasteiger partial charge in [-0.25, -0.2) is 9.37 Å². The van der Waals surface area contributed by atoms with Crippen molar-refractivity contribution in [2.24, 2.45) is 0 Å². The first-order valence-electron chi connectivity index (χ1n) is 6.10. The highest BCUT2D eigenvalue weighted by Crippen LogP contribution is 2.19. The van der Waals surface area contributed by atoms with Gasteiger partial charge in [0.15, 0.2) is 0 Å². The van der Waals surface area contributed by atoms with Crippen LogP contribution in [0.15, 0.2) is 28.1 Å². The Morgan fingerprint density at radius 3 is 2.84 bits per heavy atom. The van der Waals surface area contributed by atoms with Crippen molar-refractivity contribution in [3.8, 4) is 0 Å². The Morgan fingerprint density at radius 2 is 2.21 bits per heavy atom. The molecule has 102 valence electrons. The number of benzene rings is 1. The van der Waals surface area contributed by atoms with Crippen LogP contribution in [0.2, 0.25) is 0 Å². The lowest BCUT2D eigenvalue weighted by Gasteiger charge is -2.15. The van der Waals surface area contributed by atoms with E-state index in [1.165, 1.54) is 6.07 Å². The molecule has 2 rings (SSSR count). The molecular weight excluding hydrogens is 327 g/mol. The Kier molecular flexibility index (Phi) is 5.07. The molecule has 1 aromatic heterocycles. The van der Waals surface area contributed by atoms with Gasteiger partial charge in [-0.05, 0) is 44.2 Å². The molecule has 0 spiro atoms. The molecule has 1 unspecified atom stereocenters. The maximum Gasteiger partial charge on any atom is 0.126 e. The molecule has 0 amide bonds. The van der Waals surface area contributed by atoms with E-state index in [1.54, 1.807) is 17.4 Å². The van der Waals surface area contributed by atoms with Gasteiger partial charge < -0.3 is 5.32 Å². The Morgan fingerprint density at radius 1 is 1.42 bits per heavy atom. The third-order valence-corrected chi connectivity index (χ3v) is 4.45. The standard InChI is InChI=1S/C14H16BrFN2S/c1-9-8-19-14(18-9)7-12(17-2)6-10-5-11(15)3-4-13(10)16/h3-5,8,12,17H,6-7H2,1-2H3. The van der Waals surface area contributed by atoms with E-state index < -0.39 is 0 Å². The van der Waals surface area contributed by atoms with Gasteiger partial charge in [-0.2, -0.15) is 0 Å². The van der Waals surface area contributed by atoms with Crippen LogP contribution in [-0.2, 0) is 12.8 Å². The van der Waals surface area contributed by atoms with Crippen LogP contribution < -0.4 is 5.32 Å². The second-order valence-electron chi connectivity index (χ2n) is 4.51. The molecule has 1 N–H and O–H groups in total. The number of hydrogen-bond acceptors (Lipinski definition) is 3. The van der Waals surface area contributed by atoms with E-state index in [-0.39, 0.29) is 11.9 Å². The number of nitrogens with zero attached hydrogens (tertiary/aromatic N) is 1. The number of aromatic nitrogens is 1. The van der Waals surface area contributed by atoms with Gasteiger partial charge in [-0.1, -0.05) is 15.9 Å². The van der Waals surface area contributed by atoms with E-state index in [0.29, 0.717) is 6.42 Å². The van der Waals surface area contributed by atoms with Crippen molar-refractivity contribution in [3.05, 3.63) is 50.1 Å². The van der Waals surface area contributed by atoms with Crippen LogP contribution in [0.3, 0.4) is 0 Å². The van der Waals surface area contributed by atoms with Crippen molar-refractivity contribution in [2.75, 3.05) is 7.05 Å². The minimum atomic E-state index is -0.154. The fourth-order valence-corrected chi connectivity index (χ4v) is 3.21. The summed E-state index contributed by atoms with van der Waals surface area (Å²) in [5, 5.41) is 6.37. The zero-order chi connectivity index (χ0) is 13.8. The maximum atomic E-state index is 13.7. The minimum absolute atomic E-state index is 0.154. The average Bonchev–Trinajstić information content (AvgIpc) is 2.78. The molecule has 2 nitrogen and oxygen atoms in total. The Labute approximate surface area is 125 Å². The molecule has 1 aromatic carbocycles. The number of likely N-dealkylation sites (N-methyl/N-ethyl adjacent to an activating group) is 1. The van der Waals surface area contributed by atoms with E-state index in [2.05, 4.69) is 26.2 Å². The molecule has 0 aliphatic heterocycles. The quantitative estimate of drug-likeness (QED) is 0.895. The van der Waals surface area contributed by atoms with Gasteiger partial charge in [0.25, 0.3) is 0 Å². The summed E-state index contributed by atoms with van der Waals surface area (Å²) in [4.78, 5) is 4.46. The number of aryl methyl sites for hydroxylation is 1. The van der Waals surface area contributed by atoms with E-state index in [1.807, 2.05) is 25.4 Å². The second-order valence-corrected chi connectivity index (χ2v) is 6.37. The third kappa shape index (κ3) is 4.09. The number of rotatable bonds is 5. The van der Waals surface area contributed by atoms with Crippen LogP contribution in [0.4, 0.5) is 4.39 Å². The molecule has 0 saturated carbocycles. The molecule has 0 aliphatic carbocycles.